The second-order valence-corrected chi connectivity index (χ2v) is 7.35. The molecule has 0 aliphatic heterocycles. The van der Waals surface area contributed by atoms with E-state index in [1.54, 1.807) is 7.11 Å². The van der Waals surface area contributed by atoms with Crippen LogP contribution in [0.4, 0.5) is 5.69 Å². The van der Waals surface area contributed by atoms with Gasteiger partial charge in [-0.25, -0.2) is 0 Å². The van der Waals surface area contributed by atoms with Gasteiger partial charge in [-0.2, -0.15) is 0 Å². The van der Waals surface area contributed by atoms with Crippen LogP contribution >= 0.6 is 15.9 Å². The number of carbonyl (C=O) groups is 1. The van der Waals surface area contributed by atoms with Gasteiger partial charge in [0, 0.05) is 43.9 Å². The van der Waals surface area contributed by atoms with Gasteiger partial charge in [-0.15, -0.1) is 0 Å². The molecule has 0 amide bonds. The number of benzene rings is 1. The molecular weight excluding hydrogens is 342 g/mol. The number of halogens is 1. The van der Waals surface area contributed by atoms with E-state index < -0.39 is 0 Å². The van der Waals surface area contributed by atoms with Gasteiger partial charge in [-0.1, -0.05) is 35.8 Å². The molecule has 0 saturated carbocycles. The number of aryl methyl sites for hydroxylation is 1. The highest BCUT2D eigenvalue weighted by molar-refractivity contribution is 9.10. The number of methoxy groups -OCH3 is 1. The Kier molecular flexibility index (Phi) is 7.57. The molecule has 0 atom stereocenters. The molecule has 124 valence electrons. The molecule has 0 radical (unpaired) electrons. The van der Waals surface area contributed by atoms with Crippen LogP contribution in [0.5, 0.6) is 0 Å². The van der Waals surface area contributed by atoms with Gasteiger partial charge in [-0.3, -0.25) is 0 Å². The van der Waals surface area contributed by atoms with E-state index in [4.69, 9.17) is 4.74 Å². The van der Waals surface area contributed by atoms with Gasteiger partial charge < -0.3 is 14.4 Å². The summed E-state index contributed by atoms with van der Waals surface area (Å²) in [5.41, 5.74) is 3.46. The number of ether oxygens (including phenoxy) is 1. The highest BCUT2D eigenvalue weighted by Gasteiger charge is 2.25. The molecule has 4 heteroatoms. The third-order valence-electron chi connectivity index (χ3n) is 4.10. The summed E-state index contributed by atoms with van der Waals surface area (Å²) in [4.78, 5) is 13.3. The van der Waals surface area contributed by atoms with E-state index in [-0.39, 0.29) is 5.41 Å². The first-order valence-electron chi connectivity index (χ1n) is 7.78. The van der Waals surface area contributed by atoms with Crippen LogP contribution in [0, 0.1) is 6.92 Å². The lowest BCUT2D eigenvalue weighted by Crippen LogP contribution is -2.26. The second-order valence-electron chi connectivity index (χ2n) is 6.49. The van der Waals surface area contributed by atoms with Crippen molar-refractivity contribution < 1.29 is 9.53 Å². The zero-order valence-corrected chi connectivity index (χ0v) is 16.0. The fraction of sp³-hybridized carbons (Fsp3) is 0.611. The minimum absolute atomic E-state index is 0.163. The number of rotatable bonds is 9. The average Bonchev–Trinajstić information content (AvgIpc) is 2.45. The summed E-state index contributed by atoms with van der Waals surface area (Å²) in [6.45, 7) is 8.13. The van der Waals surface area contributed by atoms with Gasteiger partial charge in [0.15, 0.2) is 0 Å². The summed E-state index contributed by atoms with van der Waals surface area (Å²) in [5, 5.41) is 0. The Morgan fingerprint density at radius 1 is 1.32 bits per heavy atom. The number of carbonyl (C=O) groups excluding carboxylic acids is 1. The average molecular weight is 370 g/mol. The lowest BCUT2D eigenvalue weighted by Gasteiger charge is -2.31. The Morgan fingerprint density at radius 2 is 2.00 bits per heavy atom. The van der Waals surface area contributed by atoms with Gasteiger partial charge in [0.25, 0.3) is 0 Å². The molecule has 0 heterocycles. The van der Waals surface area contributed by atoms with Crippen molar-refractivity contribution in [2.75, 3.05) is 32.2 Å². The fourth-order valence-corrected chi connectivity index (χ4v) is 2.89. The zero-order chi connectivity index (χ0) is 16.8. The minimum atomic E-state index is -0.163. The lowest BCUT2D eigenvalue weighted by atomic mass is 9.80. The summed E-state index contributed by atoms with van der Waals surface area (Å²) in [6, 6.07) is 4.38. The monoisotopic (exact) mass is 369 g/mol. The van der Waals surface area contributed by atoms with Gasteiger partial charge >= 0.3 is 0 Å². The second kappa shape index (κ2) is 8.68. The molecular formula is C18H28BrNO2. The van der Waals surface area contributed by atoms with E-state index in [2.05, 4.69) is 60.8 Å². The third kappa shape index (κ3) is 5.10. The molecule has 22 heavy (non-hydrogen) atoms. The molecule has 1 aromatic rings. The molecule has 0 spiro atoms. The molecule has 0 aromatic heterocycles. The van der Waals surface area contributed by atoms with E-state index in [9.17, 15) is 4.79 Å². The largest absolute Gasteiger partial charge is 0.385 e. The summed E-state index contributed by atoms with van der Waals surface area (Å²) in [6.07, 6.45) is 3.68. The van der Waals surface area contributed by atoms with E-state index in [0.717, 1.165) is 36.8 Å². The summed E-state index contributed by atoms with van der Waals surface area (Å²) >= 11 is 3.63. The molecule has 3 nitrogen and oxygen atoms in total. The molecule has 1 aromatic carbocycles. The molecule has 0 saturated heterocycles. The maximum atomic E-state index is 11.0. The maximum absolute atomic E-state index is 11.0. The highest BCUT2D eigenvalue weighted by atomic mass is 79.9. The van der Waals surface area contributed by atoms with Gasteiger partial charge in [0.1, 0.15) is 6.29 Å². The van der Waals surface area contributed by atoms with Crippen LogP contribution in [0.2, 0.25) is 0 Å². The van der Waals surface area contributed by atoms with E-state index in [0.29, 0.717) is 6.42 Å². The maximum Gasteiger partial charge on any atom is 0.120 e. The van der Waals surface area contributed by atoms with Crippen LogP contribution < -0.4 is 4.90 Å². The summed E-state index contributed by atoms with van der Waals surface area (Å²) < 4.78 is 6.22. The minimum Gasteiger partial charge on any atom is -0.385 e. The predicted octanol–water partition coefficient (Wildman–Crippen LogP) is 4.49. The van der Waals surface area contributed by atoms with Crippen molar-refractivity contribution in [2.24, 2.45) is 0 Å². The van der Waals surface area contributed by atoms with E-state index >= 15 is 0 Å². The highest BCUT2D eigenvalue weighted by Crippen LogP contribution is 2.37. The Morgan fingerprint density at radius 3 is 2.59 bits per heavy atom. The van der Waals surface area contributed by atoms with Crippen molar-refractivity contribution >= 4 is 27.9 Å². The van der Waals surface area contributed by atoms with Crippen LogP contribution in [-0.4, -0.2) is 33.6 Å². The fourth-order valence-electron chi connectivity index (χ4n) is 2.56. The van der Waals surface area contributed by atoms with Crippen LogP contribution in [-0.2, 0) is 14.9 Å². The van der Waals surface area contributed by atoms with Crippen molar-refractivity contribution in [3.05, 3.63) is 27.7 Å². The molecule has 0 aliphatic rings. The Labute approximate surface area is 143 Å². The van der Waals surface area contributed by atoms with Crippen molar-refractivity contribution in [3.63, 3.8) is 0 Å². The smallest absolute Gasteiger partial charge is 0.120 e. The number of unbranched alkanes of at least 4 members (excludes halogenated alkanes) is 1. The SMILES string of the molecule is COCCCCN(C)c1cc(Br)c(C)cc1C(C)(C)CC=O. The van der Waals surface area contributed by atoms with Crippen LogP contribution in [0.15, 0.2) is 16.6 Å². The molecule has 0 aliphatic carbocycles. The van der Waals surface area contributed by atoms with E-state index in [1.165, 1.54) is 16.8 Å². The topological polar surface area (TPSA) is 29.5 Å². The van der Waals surface area contributed by atoms with Crippen LogP contribution in [0.1, 0.15) is 44.2 Å². The lowest BCUT2D eigenvalue weighted by molar-refractivity contribution is -0.108. The number of hydrogen-bond donors (Lipinski definition) is 0. The first kappa shape index (κ1) is 19.2. The molecule has 0 fully saturated rings. The first-order chi connectivity index (χ1) is 10.3. The third-order valence-corrected chi connectivity index (χ3v) is 4.96. The van der Waals surface area contributed by atoms with Crippen molar-refractivity contribution in [1.29, 1.82) is 0 Å². The van der Waals surface area contributed by atoms with Crippen LogP contribution in [0.25, 0.3) is 0 Å². The molecule has 0 N–H and O–H groups in total. The first-order valence-corrected chi connectivity index (χ1v) is 8.57. The molecule has 0 bridgehead atoms. The number of aldehydes is 1. The van der Waals surface area contributed by atoms with Crippen molar-refractivity contribution in [3.8, 4) is 0 Å². The number of nitrogens with zero attached hydrogens (tertiary/aromatic N) is 1. The standard InChI is InChI=1S/C18H28BrNO2/c1-14-12-15(18(2,3)8-10-21)17(13-16(14)19)20(4)9-6-7-11-22-5/h10,12-13H,6-9,11H2,1-5H3. The Balaban J connectivity index is 3.05. The molecule has 1 rings (SSSR count). The van der Waals surface area contributed by atoms with Crippen LogP contribution in [0.3, 0.4) is 0 Å². The van der Waals surface area contributed by atoms with Gasteiger partial charge in [0.2, 0.25) is 0 Å². The Bertz CT molecular complexity index is 500. The summed E-state index contributed by atoms with van der Waals surface area (Å²) in [5.74, 6) is 0. The van der Waals surface area contributed by atoms with Gasteiger partial charge in [-0.05, 0) is 42.4 Å². The molecule has 0 unspecified atom stereocenters. The van der Waals surface area contributed by atoms with E-state index in [1.807, 2.05) is 0 Å². The zero-order valence-electron chi connectivity index (χ0n) is 14.4. The number of hydrogen-bond acceptors (Lipinski definition) is 3. The van der Waals surface area contributed by atoms with Crippen molar-refractivity contribution in [2.45, 2.75) is 45.4 Å². The Hall–Kier alpha value is -0.870. The normalized spacial score (nSPS) is 11.5. The quantitative estimate of drug-likeness (QED) is 0.474. The number of anilines is 1. The summed E-state index contributed by atoms with van der Waals surface area (Å²) in [7, 11) is 3.85. The predicted molar refractivity (Wildman–Crippen MR) is 97.0 cm³/mol. The van der Waals surface area contributed by atoms with Crippen molar-refractivity contribution in [1.82, 2.24) is 0 Å². The van der Waals surface area contributed by atoms with Gasteiger partial charge in [0.05, 0.1) is 0 Å².